The third-order valence-electron chi connectivity index (χ3n) is 4.16. The van der Waals surface area contributed by atoms with E-state index in [9.17, 15) is 0 Å². The van der Waals surface area contributed by atoms with E-state index >= 15 is 0 Å². The van der Waals surface area contributed by atoms with Gasteiger partial charge in [-0.3, -0.25) is 0 Å². The molecular formula is C15H25NO. The van der Waals surface area contributed by atoms with Crippen molar-refractivity contribution in [3.63, 3.8) is 0 Å². The second-order valence-electron chi connectivity index (χ2n) is 5.49. The molecule has 0 bridgehead atoms. The summed E-state index contributed by atoms with van der Waals surface area (Å²) in [5.41, 5.74) is 1.26. The molecule has 0 aliphatic heterocycles. The van der Waals surface area contributed by atoms with Gasteiger partial charge in [0.05, 0.1) is 12.5 Å². The first kappa shape index (κ1) is 12.7. The lowest BCUT2D eigenvalue weighted by Crippen LogP contribution is -2.35. The van der Waals surface area contributed by atoms with Crippen molar-refractivity contribution < 1.29 is 4.42 Å². The zero-order valence-corrected chi connectivity index (χ0v) is 11.1. The molecule has 1 fully saturated rings. The highest BCUT2D eigenvalue weighted by Crippen LogP contribution is 2.26. The van der Waals surface area contributed by atoms with Crippen LogP contribution in [0.25, 0.3) is 0 Å². The van der Waals surface area contributed by atoms with Gasteiger partial charge in [-0.25, -0.2) is 0 Å². The number of nitrogens with one attached hydrogen (secondary N) is 1. The maximum Gasteiger partial charge on any atom is 0.0950 e. The average Bonchev–Trinajstić information content (AvgIpc) is 2.71. The van der Waals surface area contributed by atoms with Crippen LogP contribution in [0.1, 0.15) is 64.0 Å². The Bertz CT molecular complexity index is 299. The first-order chi connectivity index (χ1) is 8.27. The molecule has 1 aliphatic carbocycles. The third-order valence-corrected chi connectivity index (χ3v) is 4.16. The van der Waals surface area contributed by atoms with E-state index in [-0.39, 0.29) is 0 Å². The third kappa shape index (κ3) is 3.60. The van der Waals surface area contributed by atoms with Crippen LogP contribution in [0, 0.1) is 5.92 Å². The zero-order chi connectivity index (χ0) is 12.1. The van der Waals surface area contributed by atoms with Crippen molar-refractivity contribution in [1.82, 2.24) is 5.32 Å². The van der Waals surface area contributed by atoms with Crippen LogP contribution in [-0.2, 0) is 0 Å². The Kier molecular flexibility index (Phi) is 4.66. The van der Waals surface area contributed by atoms with Crippen molar-refractivity contribution in [1.29, 1.82) is 0 Å². The Morgan fingerprint density at radius 2 is 1.88 bits per heavy atom. The highest BCUT2D eigenvalue weighted by atomic mass is 16.3. The van der Waals surface area contributed by atoms with E-state index in [1.165, 1.54) is 44.1 Å². The van der Waals surface area contributed by atoms with Crippen LogP contribution < -0.4 is 5.32 Å². The van der Waals surface area contributed by atoms with E-state index in [4.69, 9.17) is 4.42 Å². The smallest absolute Gasteiger partial charge is 0.0950 e. The van der Waals surface area contributed by atoms with E-state index in [0.717, 1.165) is 5.92 Å². The minimum Gasteiger partial charge on any atom is -0.472 e. The highest BCUT2D eigenvalue weighted by molar-refractivity contribution is 5.10. The Morgan fingerprint density at radius 3 is 2.47 bits per heavy atom. The van der Waals surface area contributed by atoms with Gasteiger partial charge in [0.15, 0.2) is 0 Å². The minimum atomic E-state index is 0.395. The largest absolute Gasteiger partial charge is 0.472 e. The van der Waals surface area contributed by atoms with Crippen LogP contribution in [0.15, 0.2) is 23.0 Å². The van der Waals surface area contributed by atoms with Crippen LogP contribution in [-0.4, -0.2) is 6.04 Å². The van der Waals surface area contributed by atoms with Gasteiger partial charge in [0.2, 0.25) is 0 Å². The second kappa shape index (κ2) is 6.25. The fourth-order valence-corrected chi connectivity index (χ4v) is 2.96. The lowest BCUT2D eigenvalue weighted by molar-refractivity contribution is 0.316. The summed E-state index contributed by atoms with van der Waals surface area (Å²) in [5.74, 6) is 0.854. The lowest BCUT2D eigenvalue weighted by atomic mass is 9.92. The summed E-state index contributed by atoms with van der Waals surface area (Å²) in [6, 6.07) is 3.06. The summed E-state index contributed by atoms with van der Waals surface area (Å²) >= 11 is 0. The molecule has 1 heterocycles. The van der Waals surface area contributed by atoms with Crippen molar-refractivity contribution >= 4 is 0 Å². The monoisotopic (exact) mass is 235 g/mol. The predicted octanol–water partition coefficient (Wildman–Crippen LogP) is 4.29. The van der Waals surface area contributed by atoms with Crippen LogP contribution in [0.5, 0.6) is 0 Å². The van der Waals surface area contributed by atoms with Gasteiger partial charge in [0, 0.05) is 17.6 Å². The molecule has 0 amide bonds. The predicted molar refractivity (Wildman–Crippen MR) is 70.9 cm³/mol. The van der Waals surface area contributed by atoms with Gasteiger partial charge in [0.1, 0.15) is 0 Å². The molecule has 2 heteroatoms. The van der Waals surface area contributed by atoms with E-state index in [2.05, 4.69) is 25.2 Å². The Balaban J connectivity index is 1.85. The summed E-state index contributed by atoms with van der Waals surface area (Å²) in [5, 5.41) is 3.72. The van der Waals surface area contributed by atoms with E-state index < -0.39 is 0 Å². The molecule has 1 N–H and O–H groups in total. The molecule has 0 aromatic carbocycles. The van der Waals surface area contributed by atoms with Crippen molar-refractivity contribution in [2.75, 3.05) is 0 Å². The Labute approximate surface area is 105 Å². The van der Waals surface area contributed by atoms with E-state index in [1.807, 2.05) is 6.26 Å². The molecule has 2 atom stereocenters. The Hall–Kier alpha value is -0.760. The van der Waals surface area contributed by atoms with Crippen molar-refractivity contribution in [3.05, 3.63) is 24.2 Å². The van der Waals surface area contributed by atoms with Gasteiger partial charge < -0.3 is 9.73 Å². The molecular weight excluding hydrogens is 210 g/mol. The topological polar surface area (TPSA) is 25.2 Å². The molecule has 17 heavy (non-hydrogen) atoms. The first-order valence-corrected chi connectivity index (χ1v) is 7.05. The fraction of sp³-hybridized carbons (Fsp3) is 0.733. The summed E-state index contributed by atoms with van der Waals surface area (Å²) in [4.78, 5) is 0. The second-order valence-corrected chi connectivity index (χ2v) is 5.49. The maximum atomic E-state index is 5.14. The molecule has 1 aromatic rings. The molecule has 0 radical (unpaired) electrons. The maximum absolute atomic E-state index is 5.14. The minimum absolute atomic E-state index is 0.395. The molecule has 0 saturated heterocycles. The van der Waals surface area contributed by atoms with Gasteiger partial charge in [-0.1, -0.05) is 25.7 Å². The number of hydrogen-bond acceptors (Lipinski definition) is 2. The first-order valence-electron chi connectivity index (χ1n) is 7.05. The van der Waals surface area contributed by atoms with Gasteiger partial charge in [-0.15, -0.1) is 0 Å². The normalized spacial score (nSPS) is 22.0. The van der Waals surface area contributed by atoms with Gasteiger partial charge in [0.25, 0.3) is 0 Å². The van der Waals surface area contributed by atoms with Crippen LogP contribution in [0.4, 0.5) is 0 Å². The fourth-order valence-electron chi connectivity index (χ4n) is 2.96. The van der Waals surface area contributed by atoms with Crippen LogP contribution in [0.2, 0.25) is 0 Å². The SMILES string of the molecule is CC(N[C@@H](C)C1CCCCCC1)c1ccoc1. The standard InChI is InChI=1S/C15H25NO/c1-12(14-7-5-3-4-6-8-14)16-13(2)15-9-10-17-11-15/h9-14,16H,3-8H2,1-2H3/t12-,13?/m0/s1. The van der Waals surface area contributed by atoms with Crippen molar-refractivity contribution in [2.24, 2.45) is 5.92 Å². The summed E-state index contributed by atoms with van der Waals surface area (Å²) in [6.07, 6.45) is 12.1. The molecule has 1 saturated carbocycles. The summed E-state index contributed by atoms with van der Waals surface area (Å²) in [7, 11) is 0. The molecule has 1 aromatic heterocycles. The summed E-state index contributed by atoms with van der Waals surface area (Å²) < 4.78 is 5.14. The quantitative estimate of drug-likeness (QED) is 0.788. The average molecular weight is 235 g/mol. The van der Waals surface area contributed by atoms with Crippen molar-refractivity contribution in [3.8, 4) is 0 Å². The van der Waals surface area contributed by atoms with Gasteiger partial charge in [-0.2, -0.15) is 0 Å². The molecule has 1 aliphatic rings. The van der Waals surface area contributed by atoms with Gasteiger partial charge in [-0.05, 0) is 38.7 Å². The molecule has 2 rings (SSSR count). The van der Waals surface area contributed by atoms with E-state index in [0.29, 0.717) is 12.1 Å². The Morgan fingerprint density at radius 1 is 1.18 bits per heavy atom. The van der Waals surface area contributed by atoms with Crippen LogP contribution in [0.3, 0.4) is 0 Å². The lowest BCUT2D eigenvalue weighted by Gasteiger charge is -2.26. The molecule has 1 unspecified atom stereocenters. The van der Waals surface area contributed by atoms with Crippen molar-refractivity contribution in [2.45, 2.75) is 64.5 Å². The molecule has 96 valence electrons. The number of hydrogen-bond donors (Lipinski definition) is 1. The zero-order valence-electron chi connectivity index (χ0n) is 11.1. The molecule has 2 nitrogen and oxygen atoms in total. The van der Waals surface area contributed by atoms with Crippen LogP contribution >= 0.6 is 0 Å². The number of rotatable bonds is 4. The summed E-state index contributed by atoms with van der Waals surface area (Å²) in [6.45, 7) is 4.56. The van der Waals surface area contributed by atoms with Gasteiger partial charge >= 0.3 is 0 Å². The molecule has 0 spiro atoms. The van der Waals surface area contributed by atoms with E-state index in [1.54, 1.807) is 6.26 Å². The highest BCUT2D eigenvalue weighted by Gasteiger charge is 2.20. The number of furan rings is 1.